The van der Waals surface area contributed by atoms with Gasteiger partial charge in [0.05, 0.1) is 0 Å². The predicted molar refractivity (Wildman–Crippen MR) is 69.4 cm³/mol. The first-order valence-electron chi connectivity index (χ1n) is 7.16. The monoisotopic (exact) mass is 224 g/mol. The summed E-state index contributed by atoms with van der Waals surface area (Å²) in [5, 5.41) is 0. The second kappa shape index (κ2) is 5.05. The molecule has 2 atom stereocenters. The minimum absolute atomic E-state index is 0.528. The zero-order valence-electron chi connectivity index (χ0n) is 11.0. The molecule has 94 valence electrons. The molecule has 1 aliphatic carbocycles. The van der Waals surface area contributed by atoms with Gasteiger partial charge in [0.2, 0.25) is 0 Å². The van der Waals surface area contributed by atoms with Gasteiger partial charge in [0.15, 0.2) is 0 Å². The number of hydrogen-bond donors (Lipinski definition) is 1. The van der Waals surface area contributed by atoms with Crippen LogP contribution in [-0.4, -0.2) is 30.1 Å². The van der Waals surface area contributed by atoms with Crippen LogP contribution >= 0.6 is 0 Å². The molecule has 2 nitrogen and oxygen atoms in total. The average Bonchev–Trinajstić information content (AvgIpc) is 2.59. The Labute approximate surface area is 101 Å². The van der Waals surface area contributed by atoms with E-state index >= 15 is 0 Å². The lowest BCUT2D eigenvalue weighted by atomic mass is 9.66. The van der Waals surface area contributed by atoms with Crippen molar-refractivity contribution in [3.05, 3.63) is 0 Å². The Hall–Kier alpha value is -0.0800. The van der Waals surface area contributed by atoms with Crippen LogP contribution in [0, 0.1) is 5.41 Å². The third-order valence-electron chi connectivity index (χ3n) is 5.17. The first-order chi connectivity index (χ1) is 7.71. The van der Waals surface area contributed by atoms with Gasteiger partial charge in [-0.3, -0.25) is 4.90 Å². The zero-order chi connectivity index (χ0) is 11.6. The molecule has 1 aliphatic heterocycles. The molecule has 2 aliphatic rings. The van der Waals surface area contributed by atoms with Crippen LogP contribution in [0.4, 0.5) is 0 Å². The van der Waals surface area contributed by atoms with E-state index in [4.69, 9.17) is 5.73 Å². The van der Waals surface area contributed by atoms with Crippen molar-refractivity contribution in [2.24, 2.45) is 11.1 Å². The summed E-state index contributed by atoms with van der Waals surface area (Å²) in [6.07, 6.45) is 9.63. The molecule has 0 aromatic carbocycles. The summed E-state index contributed by atoms with van der Waals surface area (Å²) in [6.45, 7) is 6.92. The Kier molecular flexibility index (Phi) is 3.91. The molecule has 0 bridgehead atoms. The van der Waals surface area contributed by atoms with Crippen LogP contribution in [0.15, 0.2) is 0 Å². The Balaban J connectivity index is 1.84. The molecule has 0 amide bonds. The van der Waals surface area contributed by atoms with Crippen LogP contribution in [-0.2, 0) is 0 Å². The maximum Gasteiger partial charge on any atom is 0.00960 e. The van der Waals surface area contributed by atoms with E-state index in [1.165, 1.54) is 51.5 Å². The lowest BCUT2D eigenvalue weighted by molar-refractivity contribution is 0.0908. The highest BCUT2D eigenvalue weighted by Gasteiger charge is 2.37. The van der Waals surface area contributed by atoms with Crippen molar-refractivity contribution in [2.75, 3.05) is 13.1 Å². The highest BCUT2D eigenvalue weighted by molar-refractivity contribution is 4.91. The summed E-state index contributed by atoms with van der Waals surface area (Å²) in [6, 6.07) is 1.66. The van der Waals surface area contributed by atoms with Crippen molar-refractivity contribution in [3.63, 3.8) is 0 Å². The Morgan fingerprint density at radius 1 is 1.31 bits per heavy atom. The van der Waals surface area contributed by atoms with Crippen LogP contribution in [0.3, 0.4) is 0 Å². The van der Waals surface area contributed by atoms with E-state index in [0.717, 1.165) is 18.6 Å². The van der Waals surface area contributed by atoms with Gasteiger partial charge in [0.1, 0.15) is 0 Å². The van der Waals surface area contributed by atoms with E-state index in [1.807, 2.05) is 0 Å². The maximum atomic E-state index is 5.94. The van der Waals surface area contributed by atoms with Crippen molar-refractivity contribution >= 4 is 0 Å². The van der Waals surface area contributed by atoms with Crippen molar-refractivity contribution in [1.82, 2.24) is 4.90 Å². The fourth-order valence-electron chi connectivity index (χ4n) is 3.57. The van der Waals surface area contributed by atoms with E-state index in [2.05, 4.69) is 18.7 Å². The van der Waals surface area contributed by atoms with Crippen molar-refractivity contribution in [2.45, 2.75) is 70.9 Å². The summed E-state index contributed by atoms with van der Waals surface area (Å²) in [7, 11) is 0. The minimum atomic E-state index is 0.528. The SMILES string of the molecule is CCC1CCC(C)N1CCC1(CN)CCC1. The summed E-state index contributed by atoms with van der Waals surface area (Å²) < 4.78 is 0. The molecule has 0 aromatic rings. The van der Waals surface area contributed by atoms with Gasteiger partial charge in [-0.2, -0.15) is 0 Å². The van der Waals surface area contributed by atoms with Crippen LogP contribution in [0.5, 0.6) is 0 Å². The third-order valence-corrected chi connectivity index (χ3v) is 5.17. The Bertz CT molecular complexity index is 217. The highest BCUT2D eigenvalue weighted by atomic mass is 15.2. The number of likely N-dealkylation sites (tertiary alicyclic amines) is 1. The van der Waals surface area contributed by atoms with E-state index in [1.54, 1.807) is 0 Å². The molecule has 1 heterocycles. The summed E-state index contributed by atoms with van der Waals surface area (Å²) in [5.74, 6) is 0. The predicted octanol–water partition coefficient (Wildman–Crippen LogP) is 2.77. The van der Waals surface area contributed by atoms with Crippen molar-refractivity contribution < 1.29 is 0 Å². The lowest BCUT2D eigenvalue weighted by Gasteiger charge is -2.43. The van der Waals surface area contributed by atoms with Crippen molar-refractivity contribution in [1.29, 1.82) is 0 Å². The van der Waals surface area contributed by atoms with Gasteiger partial charge in [0.25, 0.3) is 0 Å². The maximum absolute atomic E-state index is 5.94. The first kappa shape index (κ1) is 12.4. The molecule has 0 radical (unpaired) electrons. The first-order valence-corrected chi connectivity index (χ1v) is 7.16. The van der Waals surface area contributed by atoms with Gasteiger partial charge in [-0.15, -0.1) is 0 Å². The smallest absolute Gasteiger partial charge is 0.00960 e. The summed E-state index contributed by atoms with van der Waals surface area (Å²) in [5.41, 5.74) is 6.47. The molecule has 16 heavy (non-hydrogen) atoms. The number of rotatable bonds is 5. The molecular weight excluding hydrogens is 196 g/mol. The molecule has 0 spiro atoms. The second-order valence-corrected chi connectivity index (χ2v) is 6.03. The second-order valence-electron chi connectivity index (χ2n) is 6.03. The highest BCUT2D eigenvalue weighted by Crippen LogP contribution is 2.43. The van der Waals surface area contributed by atoms with Gasteiger partial charge in [-0.25, -0.2) is 0 Å². The van der Waals surface area contributed by atoms with Crippen LogP contribution in [0.25, 0.3) is 0 Å². The number of nitrogens with two attached hydrogens (primary N) is 1. The summed E-state index contributed by atoms with van der Waals surface area (Å²) >= 11 is 0. The third kappa shape index (κ3) is 2.28. The van der Waals surface area contributed by atoms with E-state index < -0.39 is 0 Å². The molecule has 1 saturated heterocycles. The quantitative estimate of drug-likeness (QED) is 0.778. The largest absolute Gasteiger partial charge is 0.330 e. The zero-order valence-corrected chi connectivity index (χ0v) is 11.0. The van der Waals surface area contributed by atoms with Crippen LogP contribution < -0.4 is 5.73 Å². The topological polar surface area (TPSA) is 29.3 Å². The Morgan fingerprint density at radius 3 is 2.56 bits per heavy atom. The van der Waals surface area contributed by atoms with Gasteiger partial charge in [-0.1, -0.05) is 13.3 Å². The van der Waals surface area contributed by atoms with Gasteiger partial charge in [-0.05, 0) is 64.0 Å². The van der Waals surface area contributed by atoms with Crippen molar-refractivity contribution in [3.8, 4) is 0 Å². The summed E-state index contributed by atoms with van der Waals surface area (Å²) in [4.78, 5) is 2.75. The van der Waals surface area contributed by atoms with Crippen LogP contribution in [0.1, 0.15) is 58.8 Å². The van der Waals surface area contributed by atoms with Gasteiger partial charge >= 0.3 is 0 Å². The molecule has 2 rings (SSSR count). The molecule has 2 unspecified atom stereocenters. The fraction of sp³-hybridized carbons (Fsp3) is 1.00. The molecular formula is C14H28N2. The standard InChI is InChI=1S/C14H28N2/c1-3-13-6-5-12(2)16(13)10-9-14(11-15)7-4-8-14/h12-13H,3-11,15H2,1-2H3. The van der Waals surface area contributed by atoms with E-state index in [-0.39, 0.29) is 0 Å². The molecule has 0 aromatic heterocycles. The number of nitrogens with zero attached hydrogens (tertiary/aromatic N) is 1. The molecule has 2 heteroatoms. The van der Waals surface area contributed by atoms with E-state index in [9.17, 15) is 0 Å². The van der Waals surface area contributed by atoms with E-state index in [0.29, 0.717) is 5.41 Å². The van der Waals surface area contributed by atoms with Gasteiger partial charge < -0.3 is 5.73 Å². The minimum Gasteiger partial charge on any atom is -0.330 e. The van der Waals surface area contributed by atoms with Crippen LogP contribution in [0.2, 0.25) is 0 Å². The van der Waals surface area contributed by atoms with Gasteiger partial charge in [0, 0.05) is 12.1 Å². The fourth-order valence-corrected chi connectivity index (χ4v) is 3.57. The molecule has 1 saturated carbocycles. The normalized spacial score (nSPS) is 33.9. The average molecular weight is 224 g/mol. The lowest BCUT2D eigenvalue weighted by Crippen LogP contribution is -2.43. The molecule has 2 fully saturated rings. The Morgan fingerprint density at radius 2 is 2.06 bits per heavy atom. The molecule has 2 N–H and O–H groups in total. The number of hydrogen-bond acceptors (Lipinski definition) is 2.